The van der Waals surface area contributed by atoms with Gasteiger partial charge in [0.1, 0.15) is 6.33 Å². The molecule has 7 nitrogen and oxygen atoms in total. The van der Waals surface area contributed by atoms with Gasteiger partial charge in [0.05, 0.1) is 23.9 Å². The Kier molecular flexibility index (Phi) is 6.45. The van der Waals surface area contributed by atoms with Crippen molar-refractivity contribution >= 4 is 17.4 Å². The molecular weight excluding hydrogens is 244 g/mol. The van der Waals surface area contributed by atoms with E-state index < -0.39 is 0 Å². The third kappa shape index (κ3) is 5.91. The summed E-state index contributed by atoms with van der Waals surface area (Å²) in [5, 5.41) is 11.2. The van der Waals surface area contributed by atoms with Gasteiger partial charge in [-0.05, 0) is 19.8 Å². The van der Waals surface area contributed by atoms with Crippen LogP contribution in [0.2, 0.25) is 0 Å². The number of nitrogens with two attached hydrogens (primary N) is 1. The maximum absolute atomic E-state index is 11.8. The molecule has 0 aliphatic heterocycles. The second kappa shape index (κ2) is 8.15. The molecule has 7 heteroatoms. The predicted molar refractivity (Wildman–Crippen MR) is 73.6 cm³/mol. The number of nitrogens with zero attached hydrogens (tertiary/aromatic N) is 3. The lowest BCUT2D eigenvalue weighted by Crippen LogP contribution is -2.37. The van der Waals surface area contributed by atoms with E-state index >= 15 is 0 Å². The van der Waals surface area contributed by atoms with Gasteiger partial charge in [0.2, 0.25) is 5.91 Å². The van der Waals surface area contributed by atoms with Crippen LogP contribution in [0.5, 0.6) is 0 Å². The molecular formula is C12H20N6O. The number of carbonyl (C=O) groups excluding carboxylic acids is 1. The molecule has 0 atom stereocenters. The molecule has 0 saturated carbocycles. The highest BCUT2D eigenvalue weighted by Crippen LogP contribution is 2.09. The minimum absolute atomic E-state index is 0.147. The van der Waals surface area contributed by atoms with Gasteiger partial charge in [0.25, 0.3) is 0 Å². The first-order valence-electron chi connectivity index (χ1n) is 6.23. The van der Waals surface area contributed by atoms with Gasteiger partial charge in [-0.1, -0.05) is 6.42 Å². The SMILES string of the molecule is CC(=N)NCCCCCC(=O)N(N)c1cncnc1. The first kappa shape index (κ1) is 15.0. The number of carbonyl (C=O) groups is 1. The molecule has 0 aromatic carbocycles. The minimum atomic E-state index is -0.147. The summed E-state index contributed by atoms with van der Waals surface area (Å²) >= 11 is 0. The number of nitrogens with one attached hydrogen (secondary N) is 2. The molecule has 1 aromatic heterocycles. The standard InChI is InChI=1S/C12H20N6O/c1-10(13)17-6-4-2-3-5-12(19)18(14)11-7-15-9-16-8-11/h7-9H,2-6,14H2,1H3,(H2,13,17). The predicted octanol–water partition coefficient (Wildman–Crippen LogP) is 0.830. The third-order valence-corrected chi connectivity index (χ3v) is 2.55. The number of unbranched alkanes of at least 4 members (excludes halogenated alkanes) is 2. The largest absolute Gasteiger partial charge is 0.374 e. The number of anilines is 1. The van der Waals surface area contributed by atoms with Gasteiger partial charge in [-0.25, -0.2) is 20.8 Å². The molecule has 19 heavy (non-hydrogen) atoms. The fourth-order valence-electron chi connectivity index (χ4n) is 1.53. The van der Waals surface area contributed by atoms with Crippen LogP contribution in [-0.4, -0.2) is 28.3 Å². The average Bonchev–Trinajstić information content (AvgIpc) is 2.42. The number of amides is 1. The van der Waals surface area contributed by atoms with E-state index in [1.807, 2.05) is 0 Å². The van der Waals surface area contributed by atoms with Crippen molar-refractivity contribution in [3.8, 4) is 0 Å². The molecule has 1 heterocycles. The van der Waals surface area contributed by atoms with Crippen LogP contribution in [0.3, 0.4) is 0 Å². The number of rotatable bonds is 7. The second-order valence-electron chi connectivity index (χ2n) is 4.22. The molecule has 104 valence electrons. The fraction of sp³-hybridized carbons (Fsp3) is 0.500. The van der Waals surface area contributed by atoms with Crippen molar-refractivity contribution in [3.63, 3.8) is 0 Å². The van der Waals surface area contributed by atoms with Crippen molar-refractivity contribution in [2.24, 2.45) is 5.84 Å². The average molecular weight is 264 g/mol. The lowest BCUT2D eigenvalue weighted by molar-refractivity contribution is -0.118. The summed E-state index contributed by atoms with van der Waals surface area (Å²) < 4.78 is 0. The summed E-state index contributed by atoms with van der Waals surface area (Å²) in [5.74, 6) is 6.00. The smallest absolute Gasteiger partial charge is 0.241 e. The van der Waals surface area contributed by atoms with E-state index in [0.717, 1.165) is 30.8 Å². The monoisotopic (exact) mass is 264 g/mol. The van der Waals surface area contributed by atoms with Gasteiger partial charge in [0.15, 0.2) is 0 Å². The molecule has 0 saturated heterocycles. The quantitative estimate of drug-likeness (QED) is 0.169. The van der Waals surface area contributed by atoms with Crippen LogP contribution in [0, 0.1) is 5.41 Å². The highest BCUT2D eigenvalue weighted by atomic mass is 16.2. The van der Waals surface area contributed by atoms with E-state index in [2.05, 4.69) is 15.3 Å². The van der Waals surface area contributed by atoms with Gasteiger partial charge in [0, 0.05) is 13.0 Å². The van der Waals surface area contributed by atoms with E-state index in [-0.39, 0.29) is 5.91 Å². The maximum Gasteiger partial charge on any atom is 0.241 e. The molecule has 1 aromatic rings. The van der Waals surface area contributed by atoms with Crippen molar-refractivity contribution in [1.82, 2.24) is 15.3 Å². The van der Waals surface area contributed by atoms with Gasteiger partial charge in [-0.15, -0.1) is 0 Å². The number of hydrazine groups is 1. The molecule has 0 aliphatic rings. The molecule has 0 aliphatic carbocycles. The first-order chi connectivity index (χ1) is 9.11. The molecule has 4 N–H and O–H groups in total. The maximum atomic E-state index is 11.8. The molecule has 1 rings (SSSR count). The Hall–Kier alpha value is -2.02. The molecule has 0 fully saturated rings. The zero-order valence-electron chi connectivity index (χ0n) is 11.1. The Morgan fingerprint density at radius 3 is 2.68 bits per heavy atom. The molecule has 1 amide bonds. The molecule has 0 spiro atoms. The van der Waals surface area contributed by atoms with Crippen molar-refractivity contribution in [1.29, 1.82) is 5.41 Å². The zero-order valence-corrected chi connectivity index (χ0v) is 11.1. The summed E-state index contributed by atoms with van der Waals surface area (Å²) in [5.41, 5.74) is 0.494. The first-order valence-corrected chi connectivity index (χ1v) is 6.23. The summed E-state index contributed by atoms with van der Waals surface area (Å²) in [7, 11) is 0. The van der Waals surface area contributed by atoms with Crippen LogP contribution in [0.4, 0.5) is 5.69 Å². The van der Waals surface area contributed by atoms with E-state index in [0.29, 0.717) is 17.9 Å². The summed E-state index contributed by atoms with van der Waals surface area (Å²) in [6, 6.07) is 0. The van der Waals surface area contributed by atoms with Crippen LogP contribution in [0.25, 0.3) is 0 Å². The van der Waals surface area contributed by atoms with Gasteiger partial charge in [-0.2, -0.15) is 0 Å². The summed E-state index contributed by atoms with van der Waals surface area (Å²) in [6.45, 7) is 2.47. The van der Waals surface area contributed by atoms with Crippen molar-refractivity contribution in [2.45, 2.75) is 32.6 Å². The van der Waals surface area contributed by atoms with Crippen LogP contribution >= 0.6 is 0 Å². The normalized spacial score (nSPS) is 10.0. The number of hydrogen-bond donors (Lipinski definition) is 3. The highest BCUT2D eigenvalue weighted by Gasteiger charge is 2.11. The Balaban J connectivity index is 2.19. The van der Waals surface area contributed by atoms with Gasteiger partial charge < -0.3 is 5.32 Å². The van der Waals surface area contributed by atoms with E-state index in [9.17, 15) is 4.79 Å². The molecule has 0 bridgehead atoms. The minimum Gasteiger partial charge on any atom is -0.374 e. The lowest BCUT2D eigenvalue weighted by Gasteiger charge is -2.15. The van der Waals surface area contributed by atoms with E-state index in [1.54, 1.807) is 6.92 Å². The number of hydrogen-bond acceptors (Lipinski definition) is 5. The van der Waals surface area contributed by atoms with Crippen LogP contribution in [-0.2, 0) is 4.79 Å². The van der Waals surface area contributed by atoms with Crippen LogP contribution < -0.4 is 16.2 Å². The van der Waals surface area contributed by atoms with Crippen molar-refractivity contribution in [2.75, 3.05) is 11.6 Å². The topological polar surface area (TPSA) is 108 Å². The van der Waals surface area contributed by atoms with Crippen molar-refractivity contribution < 1.29 is 4.79 Å². The Morgan fingerprint density at radius 1 is 1.37 bits per heavy atom. The zero-order chi connectivity index (χ0) is 14.1. The van der Waals surface area contributed by atoms with E-state index in [1.165, 1.54) is 18.7 Å². The lowest BCUT2D eigenvalue weighted by atomic mass is 10.2. The highest BCUT2D eigenvalue weighted by molar-refractivity contribution is 5.91. The van der Waals surface area contributed by atoms with Crippen LogP contribution in [0.15, 0.2) is 18.7 Å². The molecule has 0 unspecified atom stereocenters. The Bertz CT molecular complexity index is 408. The molecule has 0 radical (unpaired) electrons. The number of amidine groups is 1. The van der Waals surface area contributed by atoms with Crippen LogP contribution in [0.1, 0.15) is 32.6 Å². The van der Waals surface area contributed by atoms with Gasteiger partial charge in [-0.3, -0.25) is 10.2 Å². The fourth-order valence-corrected chi connectivity index (χ4v) is 1.53. The summed E-state index contributed by atoms with van der Waals surface area (Å²) in [6.07, 6.45) is 7.42. The summed E-state index contributed by atoms with van der Waals surface area (Å²) in [4.78, 5) is 19.4. The second-order valence-corrected chi connectivity index (χ2v) is 4.22. The Labute approximate surface area is 112 Å². The van der Waals surface area contributed by atoms with Gasteiger partial charge >= 0.3 is 0 Å². The Morgan fingerprint density at radius 2 is 2.05 bits per heavy atom. The third-order valence-electron chi connectivity index (χ3n) is 2.55. The van der Waals surface area contributed by atoms with Crippen molar-refractivity contribution in [3.05, 3.63) is 18.7 Å². The van der Waals surface area contributed by atoms with E-state index in [4.69, 9.17) is 11.3 Å². The number of aromatic nitrogens is 2.